The van der Waals surface area contributed by atoms with Crippen molar-refractivity contribution in [3.05, 3.63) is 70.7 Å². The Morgan fingerprint density at radius 3 is 2.55 bits per heavy atom. The summed E-state index contributed by atoms with van der Waals surface area (Å²) < 4.78 is 13.9. The molecular weight excluding hydrogens is 369 g/mol. The number of benzene rings is 2. The number of rotatable bonds is 4. The van der Waals surface area contributed by atoms with Gasteiger partial charge in [0.2, 0.25) is 0 Å². The largest absolute Gasteiger partial charge is 0.372 e. The average molecular weight is 393 g/mol. The highest BCUT2D eigenvalue weighted by atomic mass is 19.1. The monoisotopic (exact) mass is 393 g/mol. The topological polar surface area (TPSA) is 52.7 Å². The van der Waals surface area contributed by atoms with Crippen LogP contribution in [0.2, 0.25) is 0 Å². The number of nitrogens with zero attached hydrogens (tertiary/aromatic N) is 2. The Morgan fingerprint density at radius 1 is 1.07 bits per heavy atom. The summed E-state index contributed by atoms with van der Waals surface area (Å²) in [5.74, 6) is -0.882. The molecule has 1 N–H and O–H groups in total. The van der Waals surface area contributed by atoms with Crippen molar-refractivity contribution < 1.29 is 14.0 Å². The van der Waals surface area contributed by atoms with Crippen LogP contribution in [-0.2, 0) is 11.3 Å². The van der Waals surface area contributed by atoms with Gasteiger partial charge >= 0.3 is 6.03 Å². The molecule has 0 spiro atoms. The van der Waals surface area contributed by atoms with E-state index in [1.165, 1.54) is 31.0 Å². The summed E-state index contributed by atoms with van der Waals surface area (Å²) in [6.45, 7) is 4.04. The number of halogens is 1. The van der Waals surface area contributed by atoms with E-state index < -0.39 is 17.8 Å². The molecule has 3 amide bonds. The molecule has 29 heavy (non-hydrogen) atoms. The molecule has 0 bridgehead atoms. The number of anilines is 1. The number of nitrogens with one attached hydrogen (secondary N) is 1. The minimum Gasteiger partial charge on any atom is -0.372 e. The highest BCUT2D eigenvalue weighted by Crippen LogP contribution is 2.25. The van der Waals surface area contributed by atoms with Crippen molar-refractivity contribution in [3.8, 4) is 0 Å². The number of carbonyl (C=O) groups excluding carboxylic acids is 2. The van der Waals surface area contributed by atoms with Gasteiger partial charge in [-0.15, -0.1) is 0 Å². The molecule has 2 saturated heterocycles. The second-order valence-corrected chi connectivity index (χ2v) is 7.56. The number of amides is 3. The number of piperidine rings is 1. The SMILES string of the molecule is Cc1cc(N2CCCCC2)ccc1/C=C1/NC(=O)N(Cc2ccccc2F)C1=O. The Bertz CT molecular complexity index is 980. The lowest BCUT2D eigenvalue weighted by Gasteiger charge is -2.29. The van der Waals surface area contributed by atoms with Gasteiger partial charge in [-0.3, -0.25) is 9.69 Å². The first kappa shape index (κ1) is 19.2. The first-order valence-electron chi connectivity index (χ1n) is 9.96. The van der Waals surface area contributed by atoms with E-state index in [0.717, 1.165) is 29.1 Å². The molecule has 2 aliphatic rings. The zero-order chi connectivity index (χ0) is 20.4. The first-order chi connectivity index (χ1) is 14.0. The van der Waals surface area contributed by atoms with E-state index >= 15 is 0 Å². The van der Waals surface area contributed by atoms with Gasteiger partial charge in [0.25, 0.3) is 5.91 Å². The fourth-order valence-electron chi connectivity index (χ4n) is 3.84. The maximum Gasteiger partial charge on any atom is 0.329 e. The molecule has 4 rings (SSSR count). The van der Waals surface area contributed by atoms with Crippen molar-refractivity contribution in [2.45, 2.75) is 32.7 Å². The van der Waals surface area contributed by atoms with Gasteiger partial charge in [0.15, 0.2) is 0 Å². The lowest BCUT2D eigenvalue weighted by molar-refractivity contribution is -0.123. The number of carbonyl (C=O) groups is 2. The number of aryl methyl sites for hydroxylation is 1. The van der Waals surface area contributed by atoms with Gasteiger partial charge in [-0.1, -0.05) is 24.3 Å². The van der Waals surface area contributed by atoms with Crippen molar-refractivity contribution in [1.82, 2.24) is 10.2 Å². The third kappa shape index (κ3) is 4.01. The molecule has 6 heteroatoms. The Hall–Kier alpha value is -3.15. The number of hydrogen-bond donors (Lipinski definition) is 1. The van der Waals surface area contributed by atoms with E-state index in [2.05, 4.69) is 22.3 Å². The number of hydrogen-bond acceptors (Lipinski definition) is 3. The standard InChI is InChI=1S/C23H24FN3O2/c1-16-13-19(26-11-5-2-6-12-26)10-9-17(16)14-21-22(28)27(23(29)25-21)15-18-7-3-4-8-20(18)24/h3-4,7-10,13-14H,2,5-6,11-12,15H2,1H3,(H,25,29)/b21-14+. The van der Waals surface area contributed by atoms with E-state index in [9.17, 15) is 14.0 Å². The van der Waals surface area contributed by atoms with Gasteiger partial charge in [0.1, 0.15) is 11.5 Å². The Balaban J connectivity index is 1.53. The minimum atomic E-state index is -0.535. The normalized spacial score (nSPS) is 18.5. The van der Waals surface area contributed by atoms with Crippen LogP contribution in [0, 0.1) is 12.7 Å². The fraction of sp³-hybridized carbons (Fsp3) is 0.304. The molecule has 2 aliphatic heterocycles. The molecule has 0 radical (unpaired) electrons. The van der Waals surface area contributed by atoms with Crippen LogP contribution in [0.5, 0.6) is 0 Å². The second-order valence-electron chi connectivity index (χ2n) is 7.56. The summed E-state index contributed by atoms with van der Waals surface area (Å²) in [7, 11) is 0. The van der Waals surface area contributed by atoms with Gasteiger partial charge in [0.05, 0.1) is 6.54 Å². The van der Waals surface area contributed by atoms with E-state index in [4.69, 9.17) is 0 Å². The van der Waals surface area contributed by atoms with Crippen molar-refractivity contribution >= 4 is 23.7 Å². The van der Waals surface area contributed by atoms with Gasteiger partial charge in [-0.25, -0.2) is 9.18 Å². The summed E-state index contributed by atoms with van der Waals surface area (Å²) in [6, 6.07) is 11.8. The van der Waals surface area contributed by atoms with Gasteiger partial charge in [-0.2, -0.15) is 0 Å². The zero-order valence-corrected chi connectivity index (χ0v) is 16.5. The predicted molar refractivity (Wildman–Crippen MR) is 111 cm³/mol. The van der Waals surface area contributed by atoms with Crippen molar-refractivity contribution in [2.75, 3.05) is 18.0 Å². The van der Waals surface area contributed by atoms with Crippen LogP contribution in [0.15, 0.2) is 48.2 Å². The molecular formula is C23H24FN3O2. The molecule has 2 aromatic rings. The van der Waals surface area contributed by atoms with E-state index in [1.54, 1.807) is 24.3 Å². The fourth-order valence-corrected chi connectivity index (χ4v) is 3.84. The summed E-state index contributed by atoms with van der Waals surface area (Å²) in [4.78, 5) is 28.4. The quantitative estimate of drug-likeness (QED) is 0.625. The Labute approximate surface area is 169 Å². The number of imide groups is 1. The molecule has 0 saturated carbocycles. The van der Waals surface area contributed by atoms with Crippen molar-refractivity contribution in [1.29, 1.82) is 0 Å². The third-order valence-corrected chi connectivity index (χ3v) is 5.52. The second kappa shape index (κ2) is 8.07. The predicted octanol–water partition coefficient (Wildman–Crippen LogP) is 4.22. The van der Waals surface area contributed by atoms with Crippen LogP contribution in [0.25, 0.3) is 6.08 Å². The lowest BCUT2D eigenvalue weighted by atomic mass is 10.0. The van der Waals surface area contributed by atoms with Gasteiger partial charge in [0, 0.05) is 24.3 Å². The average Bonchev–Trinajstić information content (AvgIpc) is 2.99. The van der Waals surface area contributed by atoms with Crippen molar-refractivity contribution in [3.63, 3.8) is 0 Å². The maximum atomic E-state index is 13.9. The maximum absolute atomic E-state index is 13.9. The summed E-state index contributed by atoms with van der Waals surface area (Å²) >= 11 is 0. The minimum absolute atomic E-state index is 0.0957. The molecule has 2 heterocycles. The van der Waals surface area contributed by atoms with Crippen LogP contribution < -0.4 is 10.2 Å². The molecule has 0 atom stereocenters. The zero-order valence-electron chi connectivity index (χ0n) is 16.5. The van der Waals surface area contributed by atoms with Crippen LogP contribution in [-0.4, -0.2) is 29.9 Å². The van der Waals surface area contributed by atoms with Gasteiger partial charge in [-0.05, 0) is 61.6 Å². The van der Waals surface area contributed by atoms with E-state index in [1.807, 2.05) is 13.0 Å². The van der Waals surface area contributed by atoms with E-state index in [-0.39, 0.29) is 12.2 Å². The molecule has 2 fully saturated rings. The highest BCUT2D eigenvalue weighted by molar-refractivity contribution is 6.14. The van der Waals surface area contributed by atoms with E-state index in [0.29, 0.717) is 5.56 Å². The Kier molecular flexibility index (Phi) is 5.34. The first-order valence-corrected chi connectivity index (χ1v) is 9.96. The van der Waals surface area contributed by atoms with Crippen LogP contribution in [0.1, 0.15) is 36.0 Å². The van der Waals surface area contributed by atoms with Crippen LogP contribution in [0.3, 0.4) is 0 Å². The molecule has 0 unspecified atom stereocenters. The molecule has 2 aromatic carbocycles. The third-order valence-electron chi connectivity index (χ3n) is 5.52. The smallest absolute Gasteiger partial charge is 0.329 e. The summed E-state index contributed by atoms with van der Waals surface area (Å²) in [5, 5.41) is 2.61. The van der Waals surface area contributed by atoms with Crippen molar-refractivity contribution in [2.24, 2.45) is 0 Å². The highest BCUT2D eigenvalue weighted by Gasteiger charge is 2.34. The number of urea groups is 1. The van der Waals surface area contributed by atoms with Crippen LogP contribution >= 0.6 is 0 Å². The molecule has 5 nitrogen and oxygen atoms in total. The molecule has 0 aliphatic carbocycles. The summed E-state index contributed by atoms with van der Waals surface area (Å²) in [5.41, 5.74) is 3.61. The molecule has 150 valence electrons. The summed E-state index contributed by atoms with van der Waals surface area (Å²) in [6.07, 6.45) is 5.40. The molecule has 0 aromatic heterocycles. The Morgan fingerprint density at radius 2 is 1.83 bits per heavy atom. The van der Waals surface area contributed by atoms with Crippen LogP contribution in [0.4, 0.5) is 14.9 Å². The van der Waals surface area contributed by atoms with Gasteiger partial charge < -0.3 is 10.2 Å². The lowest BCUT2D eigenvalue weighted by Crippen LogP contribution is -2.30.